The van der Waals surface area contributed by atoms with E-state index in [9.17, 15) is 0 Å². The van der Waals surface area contributed by atoms with Crippen LogP contribution in [0.15, 0.2) is 6.07 Å². The van der Waals surface area contributed by atoms with Crippen molar-refractivity contribution in [2.45, 2.75) is 46.5 Å². The number of nitrogens with zero attached hydrogens (tertiary/aromatic N) is 2. The van der Waals surface area contributed by atoms with Gasteiger partial charge in [0.1, 0.15) is 10.8 Å². The van der Waals surface area contributed by atoms with E-state index in [4.69, 9.17) is 22.9 Å². The third kappa shape index (κ3) is 3.29. The molecule has 4 heteroatoms. The molecule has 1 aromatic rings. The number of aryl methyl sites for hydroxylation is 2. The van der Waals surface area contributed by atoms with Gasteiger partial charge in [0.2, 0.25) is 0 Å². The summed E-state index contributed by atoms with van der Waals surface area (Å²) in [6, 6.07) is 2.06. The quantitative estimate of drug-likeness (QED) is 0.867. The van der Waals surface area contributed by atoms with Gasteiger partial charge in [-0.1, -0.05) is 25.6 Å². The number of rotatable bonds is 3. The van der Waals surface area contributed by atoms with Crippen molar-refractivity contribution in [3.63, 3.8) is 0 Å². The van der Waals surface area contributed by atoms with Crippen molar-refractivity contribution in [2.75, 3.05) is 18.0 Å². The van der Waals surface area contributed by atoms with Crippen molar-refractivity contribution in [3.05, 3.63) is 22.9 Å². The average Bonchev–Trinajstić information content (AvgIpc) is 2.62. The van der Waals surface area contributed by atoms with E-state index in [-0.39, 0.29) is 0 Å². The Morgan fingerprint density at radius 1 is 1.40 bits per heavy atom. The molecule has 2 N–H and O–H groups in total. The van der Waals surface area contributed by atoms with E-state index in [0.717, 1.165) is 41.6 Å². The summed E-state index contributed by atoms with van der Waals surface area (Å²) >= 11 is 5.24. The number of pyridine rings is 1. The molecule has 0 aliphatic carbocycles. The van der Waals surface area contributed by atoms with Crippen LogP contribution in [-0.4, -0.2) is 23.1 Å². The van der Waals surface area contributed by atoms with E-state index in [2.05, 4.69) is 24.8 Å². The number of hydrogen-bond acceptors (Lipinski definition) is 3. The van der Waals surface area contributed by atoms with Gasteiger partial charge < -0.3 is 10.6 Å². The van der Waals surface area contributed by atoms with Gasteiger partial charge in [-0.3, -0.25) is 0 Å². The maximum Gasteiger partial charge on any atom is 0.139 e. The zero-order chi connectivity index (χ0) is 14.7. The molecule has 1 aliphatic rings. The van der Waals surface area contributed by atoms with Crippen molar-refractivity contribution in [1.82, 2.24) is 4.98 Å². The maximum atomic E-state index is 5.93. The molecule has 0 spiro atoms. The second kappa shape index (κ2) is 6.53. The molecular weight excluding hydrogens is 266 g/mol. The average molecular weight is 291 g/mol. The maximum absolute atomic E-state index is 5.93. The first kappa shape index (κ1) is 15.2. The molecule has 0 saturated carbocycles. The predicted octanol–water partition coefficient (Wildman–Crippen LogP) is 3.35. The van der Waals surface area contributed by atoms with Crippen LogP contribution in [0.2, 0.25) is 0 Å². The molecule has 1 unspecified atom stereocenters. The lowest BCUT2D eigenvalue weighted by Gasteiger charge is -2.25. The molecule has 0 radical (unpaired) electrons. The van der Waals surface area contributed by atoms with E-state index in [1.807, 2.05) is 6.92 Å². The summed E-state index contributed by atoms with van der Waals surface area (Å²) in [5.41, 5.74) is 9.06. The standard InChI is InChI=1S/C16H25N3S/c1-4-13-6-5-8-19(9-7-13)16-14(15(17)20)11(2)10-12(3)18-16/h10,13H,4-9H2,1-3H3,(H2,17,20). The summed E-state index contributed by atoms with van der Waals surface area (Å²) in [4.78, 5) is 7.57. The fourth-order valence-electron chi connectivity index (χ4n) is 3.14. The summed E-state index contributed by atoms with van der Waals surface area (Å²) in [5, 5.41) is 0. The Morgan fingerprint density at radius 2 is 2.15 bits per heavy atom. The smallest absolute Gasteiger partial charge is 0.139 e. The number of nitrogens with two attached hydrogens (primary N) is 1. The Hall–Kier alpha value is -1.16. The van der Waals surface area contributed by atoms with Gasteiger partial charge in [0.25, 0.3) is 0 Å². The lowest BCUT2D eigenvalue weighted by Crippen LogP contribution is -2.29. The highest BCUT2D eigenvalue weighted by molar-refractivity contribution is 7.80. The topological polar surface area (TPSA) is 42.2 Å². The monoisotopic (exact) mass is 291 g/mol. The van der Waals surface area contributed by atoms with Crippen LogP contribution in [0.3, 0.4) is 0 Å². The van der Waals surface area contributed by atoms with Crippen molar-refractivity contribution in [3.8, 4) is 0 Å². The van der Waals surface area contributed by atoms with Gasteiger partial charge in [-0.2, -0.15) is 0 Å². The molecule has 110 valence electrons. The van der Waals surface area contributed by atoms with Gasteiger partial charge >= 0.3 is 0 Å². The first-order chi connectivity index (χ1) is 9.52. The van der Waals surface area contributed by atoms with Crippen LogP contribution in [0, 0.1) is 19.8 Å². The SMILES string of the molecule is CCC1CCCN(c2nc(C)cc(C)c2C(N)=S)CC1. The summed E-state index contributed by atoms with van der Waals surface area (Å²) in [6.45, 7) is 8.51. The van der Waals surface area contributed by atoms with E-state index in [1.54, 1.807) is 0 Å². The van der Waals surface area contributed by atoms with Gasteiger partial charge in [-0.25, -0.2) is 4.98 Å². The third-order valence-electron chi connectivity index (χ3n) is 4.30. The number of aromatic nitrogens is 1. The Balaban J connectivity index is 2.34. The van der Waals surface area contributed by atoms with Gasteiger partial charge in [-0.15, -0.1) is 0 Å². The number of hydrogen-bond donors (Lipinski definition) is 1. The molecule has 0 bridgehead atoms. The molecule has 20 heavy (non-hydrogen) atoms. The first-order valence-electron chi connectivity index (χ1n) is 7.56. The Morgan fingerprint density at radius 3 is 2.80 bits per heavy atom. The molecule has 3 nitrogen and oxygen atoms in total. The first-order valence-corrected chi connectivity index (χ1v) is 7.96. The molecule has 2 heterocycles. The third-order valence-corrected chi connectivity index (χ3v) is 4.50. The van der Waals surface area contributed by atoms with Gasteiger partial charge in [0.15, 0.2) is 0 Å². The van der Waals surface area contributed by atoms with E-state index < -0.39 is 0 Å². The lowest BCUT2D eigenvalue weighted by molar-refractivity contribution is 0.459. The minimum absolute atomic E-state index is 0.460. The van der Waals surface area contributed by atoms with Crippen LogP contribution in [0.4, 0.5) is 5.82 Å². The normalized spacial score (nSPS) is 19.8. The Kier molecular flexibility index (Phi) is 4.97. The summed E-state index contributed by atoms with van der Waals surface area (Å²) in [5.74, 6) is 1.84. The fraction of sp³-hybridized carbons (Fsp3) is 0.625. The molecule has 1 saturated heterocycles. The molecule has 2 rings (SSSR count). The van der Waals surface area contributed by atoms with Crippen molar-refractivity contribution in [1.29, 1.82) is 0 Å². The van der Waals surface area contributed by atoms with Crippen LogP contribution in [0.5, 0.6) is 0 Å². The van der Waals surface area contributed by atoms with E-state index in [0.29, 0.717) is 4.99 Å². The largest absolute Gasteiger partial charge is 0.389 e. The Bertz CT molecular complexity index is 499. The van der Waals surface area contributed by atoms with Crippen LogP contribution in [0.1, 0.15) is 49.4 Å². The van der Waals surface area contributed by atoms with Crippen molar-refractivity contribution in [2.24, 2.45) is 11.7 Å². The predicted molar refractivity (Wildman–Crippen MR) is 89.4 cm³/mol. The summed E-state index contributed by atoms with van der Waals surface area (Å²) in [7, 11) is 0. The van der Waals surface area contributed by atoms with Crippen LogP contribution >= 0.6 is 12.2 Å². The highest BCUT2D eigenvalue weighted by Crippen LogP contribution is 2.27. The van der Waals surface area contributed by atoms with Gasteiger partial charge in [-0.05, 0) is 50.7 Å². The molecule has 1 aromatic heterocycles. The molecular formula is C16H25N3S. The number of thiocarbonyl (C=S) groups is 1. The molecule has 0 aromatic carbocycles. The zero-order valence-electron chi connectivity index (χ0n) is 12.8. The summed E-state index contributed by atoms with van der Waals surface area (Å²) in [6.07, 6.45) is 5.06. The van der Waals surface area contributed by atoms with E-state index in [1.165, 1.54) is 25.7 Å². The number of anilines is 1. The second-order valence-electron chi connectivity index (χ2n) is 5.84. The molecule has 1 atom stereocenters. The minimum Gasteiger partial charge on any atom is -0.389 e. The minimum atomic E-state index is 0.460. The van der Waals surface area contributed by atoms with Gasteiger partial charge in [0.05, 0.1) is 5.56 Å². The van der Waals surface area contributed by atoms with Crippen LogP contribution in [0.25, 0.3) is 0 Å². The molecule has 1 aliphatic heterocycles. The highest BCUT2D eigenvalue weighted by atomic mass is 32.1. The molecule has 0 amide bonds. The lowest BCUT2D eigenvalue weighted by atomic mass is 9.98. The fourth-order valence-corrected chi connectivity index (χ4v) is 3.39. The van der Waals surface area contributed by atoms with E-state index >= 15 is 0 Å². The van der Waals surface area contributed by atoms with Crippen LogP contribution < -0.4 is 10.6 Å². The second-order valence-corrected chi connectivity index (χ2v) is 6.28. The zero-order valence-corrected chi connectivity index (χ0v) is 13.6. The summed E-state index contributed by atoms with van der Waals surface area (Å²) < 4.78 is 0. The molecule has 1 fully saturated rings. The van der Waals surface area contributed by atoms with Crippen molar-refractivity contribution >= 4 is 23.0 Å². The van der Waals surface area contributed by atoms with Gasteiger partial charge in [0, 0.05) is 18.8 Å². The van der Waals surface area contributed by atoms with Crippen LogP contribution in [-0.2, 0) is 0 Å². The highest BCUT2D eigenvalue weighted by Gasteiger charge is 2.21. The Labute approximate surface area is 127 Å². The van der Waals surface area contributed by atoms with Crippen molar-refractivity contribution < 1.29 is 0 Å².